The average Bonchev–Trinajstić information content (AvgIpc) is 2.69. The van der Waals surface area contributed by atoms with Crippen molar-refractivity contribution in [3.8, 4) is 0 Å². The molecule has 2 N–H and O–H groups in total. The summed E-state index contributed by atoms with van der Waals surface area (Å²) in [5.41, 5.74) is 6.40. The zero-order valence-corrected chi connectivity index (χ0v) is 9.33. The molecule has 0 radical (unpaired) electrons. The van der Waals surface area contributed by atoms with E-state index in [1.165, 1.54) is 0 Å². The lowest BCUT2D eigenvalue weighted by atomic mass is 10.2. The maximum atomic E-state index is 11.6. The lowest BCUT2D eigenvalue weighted by Crippen LogP contribution is -2.38. The Balaban J connectivity index is 1.88. The monoisotopic (exact) mass is 234 g/mol. The van der Waals surface area contributed by atoms with Crippen LogP contribution in [0.2, 0.25) is 0 Å². The third-order valence-corrected chi connectivity index (χ3v) is 2.67. The number of nitrogens with two attached hydrogens (primary N) is 1. The summed E-state index contributed by atoms with van der Waals surface area (Å²) in [5.74, 6) is -0.358. The van der Waals surface area contributed by atoms with Crippen LogP contribution in [-0.2, 0) is 16.1 Å². The van der Waals surface area contributed by atoms with E-state index in [0.717, 1.165) is 10.5 Å². The molecule has 5 nitrogen and oxygen atoms in total. The summed E-state index contributed by atoms with van der Waals surface area (Å²) >= 11 is 0. The van der Waals surface area contributed by atoms with Crippen molar-refractivity contribution < 1.29 is 14.3 Å². The predicted molar refractivity (Wildman–Crippen MR) is 60.9 cm³/mol. The molecule has 90 valence electrons. The van der Waals surface area contributed by atoms with Crippen LogP contribution in [0.15, 0.2) is 30.3 Å². The van der Waals surface area contributed by atoms with Crippen LogP contribution in [-0.4, -0.2) is 29.5 Å². The van der Waals surface area contributed by atoms with Gasteiger partial charge >= 0.3 is 6.09 Å². The fraction of sp³-hybridized carbons (Fsp3) is 0.333. The van der Waals surface area contributed by atoms with E-state index < -0.39 is 12.1 Å². The molecule has 17 heavy (non-hydrogen) atoms. The van der Waals surface area contributed by atoms with E-state index in [1.54, 1.807) is 0 Å². The molecule has 1 aromatic carbocycles. The molecule has 1 saturated heterocycles. The highest BCUT2D eigenvalue weighted by Crippen LogP contribution is 2.11. The number of hydrogen-bond donors (Lipinski definition) is 1. The Hall–Kier alpha value is -1.88. The Morgan fingerprint density at radius 2 is 2.12 bits per heavy atom. The molecular formula is C12H14N2O3. The minimum atomic E-state index is -0.619. The third-order valence-electron chi connectivity index (χ3n) is 2.67. The van der Waals surface area contributed by atoms with Crippen LogP contribution in [0, 0.1) is 0 Å². The first-order chi connectivity index (χ1) is 8.18. The van der Waals surface area contributed by atoms with Crippen molar-refractivity contribution in [3.05, 3.63) is 35.9 Å². The van der Waals surface area contributed by atoms with Crippen molar-refractivity contribution in [1.29, 1.82) is 0 Å². The Bertz CT molecular complexity index is 419. The molecule has 0 saturated carbocycles. The third kappa shape index (κ3) is 2.62. The molecule has 0 aliphatic carbocycles. The molecule has 1 fully saturated rings. The molecule has 2 rings (SSSR count). The zero-order chi connectivity index (χ0) is 12.3. The summed E-state index contributed by atoms with van der Waals surface area (Å²) in [4.78, 5) is 24.1. The van der Waals surface area contributed by atoms with Gasteiger partial charge in [-0.1, -0.05) is 30.3 Å². The lowest BCUT2D eigenvalue weighted by molar-refractivity contribution is -0.127. The van der Waals surface area contributed by atoms with Crippen molar-refractivity contribution in [2.24, 2.45) is 5.73 Å². The topological polar surface area (TPSA) is 72.6 Å². The summed E-state index contributed by atoms with van der Waals surface area (Å²) < 4.78 is 5.04. The number of likely N-dealkylation sites (tertiary alicyclic amines) is 1. The van der Waals surface area contributed by atoms with Gasteiger partial charge < -0.3 is 10.5 Å². The fourth-order valence-corrected chi connectivity index (χ4v) is 1.68. The number of carbonyl (C=O) groups is 2. The number of ether oxygens (including phenoxy) is 1. The molecule has 0 bridgehead atoms. The van der Waals surface area contributed by atoms with E-state index >= 15 is 0 Å². The highest BCUT2D eigenvalue weighted by atomic mass is 16.6. The van der Waals surface area contributed by atoms with E-state index in [-0.39, 0.29) is 12.5 Å². The van der Waals surface area contributed by atoms with Crippen LogP contribution >= 0.6 is 0 Å². The van der Waals surface area contributed by atoms with E-state index in [9.17, 15) is 9.59 Å². The highest BCUT2D eigenvalue weighted by Gasteiger charge is 2.34. The number of imide groups is 1. The van der Waals surface area contributed by atoms with Crippen LogP contribution in [0.25, 0.3) is 0 Å². The second-order valence-corrected chi connectivity index (χ2v) is 3.93. The number of hydrogen-bond acceptors (Lipinski definition) is 4. The number of nitrogens with zero attached hydrogens (tertiary/aromatic N) is 1. The van der Waals surface area contributed by atoms with Crippen LogP contribution in [0.3, 0.4) is 0 Å². The van der Waals surface area contributed by atoms with Crippen molar-refractivity contribution >= 4 is 12.0 Å². The molecule has 1 heterocycles. The normalized spacial score (nSPS) is 19.5. The number of carbonyl (C=O) groups excluding carboxylic acids is 2. The quantitative estimate of drug-likeness (QED) is 0.824. The SMILES string of the molecule is N[C@H]1CCN(C(=O)OCc2ccccc2)C1=O. The van der Waals surface area contributed by atoms with Crippen molar-refractivity contribution in [1.82, 2.24) is 4.90 Å². The molecular weight excluding hydrogens is 220 g/mol. The van der Waals surface area contributed by atoms with Crippen molar-refractivity contribution in [2.45, 2.75) is 19.1 Å². The molecule has 0 unspecified atom stereocenters. The summed E-state index contributed by atoms with van der Waals surface area (Å²) in [7, 11) is 0. The van der Waals surface area contributed by atoms with Crippen molar-refractivity contribution in [3.63, 3.8) is 0 Å². The number of benzene rings is 1. The van der Waals surface area contributed by atoms with Gasteiger partial charge in [0.05, 0.1) is 6.04 Å². The maximum Gasteiger partial charge on any atom is 0.416 e. The minimum Gasteiger partial charge on any atom is -0.444 e. The molecule has 0 aromatic heterocycles. The molecule has 1 aromatic rings. The average molecular weight is 234 g/mol. The van der Waals surface area contributed by atoms with Crippen molar-refractivity contribution in [2.75, 3.05) is 6.54 Å². The van der Waals surface area contributed by atoms with Gasteiger partial charge in [0.1, 0.15) is 6.61 Å². The molecule has 2 amide bonds. The minimum absolute atomic E-state index is 0.165. The van der Waals surface area contributed by atoms with Gasteiger partial charge in [-0.3, -0.25) is 4.79 Å². The smallest absolute Gasteiger partial charge is 0.416 e. The number of rotatable bonds is 2. The Labute approximate surface area is 99.2 Å². The van der Waals surface area contributed by atoms with Gasteiger partial charge in [0.2, 0.25) is 5.91 Å². The second-order valence-electron chi connectivity index (χ2n) is 3.93. The Kier molecular flexibility index (Phi) is 3.39. The summed E-state index contributed by atoms with van der Waals surface area (Å²) in [6.45, 7) is 0.506. The van der Waals surface area contributed by atoms with E-state index in [1.807, 2.05) is 30.3 Å². The van der Waals surface area contributed by atoms with E-state index in [0.29, 0.717) is 13.0 Å². The van der Waals surface area contributed by atoms with Gasteiger partial charge in [0.25, 0.3) is 0 Å². The van der Waals surface area contributed by atoms with E-state index in [4.69, 9.17) is 10.5 Å². The Morgan fingerprint density at radius 3 is 2.71 bits per heavy atom. The molecule has 1 atom stereocenters. The molecule has 5 heteroatoms. The molecule has 1 aliphatic rings. The molecule has 1 aliphatic heterocycles. The van der Waals surface area contributed by atoms with Gasteiger partial charge in [-0.15, -0.1) is 0 Å². The zero-order valence-electron chi connectivity index (χ0n) is 9.33. The van der Waals surface area contributed by atoms with Crippen LogP contribution in [0.1, 0.15) is 12.0 Å². The van der Waals surface area contributed by atoms with Crippen LogP contribution < -0.4 is 5.73 Å². The number of amides is 2. The van der Waals surface area contributed by atoms with Gasteiger partial charge in [0, 0.05) is 6.54 Å². The largest absolute Gasteiger partial charge is 0.444 e. The summed E-state index contributed by atoms with van der Waals surface area (Å²) in [6, 6.07) is 8.74. The summed E-state index contributed by atoms with van der Waals surface area (Å²) in [5, 5.41) is 0. The van der Waals surface area contributed by atoms with Gasteiger partial charge in [-0.25, -0.2) is 9.69 Å². The lowest BCUT2D eigenvalue weighted by Gasteiger charge is -2.13. The maximum absolute atomic E-state index is 11.6. The standard InChI is InChI=1S/C12H14N2O3/c13-10-6-7-14(11(10)15)12(16)17-8-9-4-2-1-3-5-9/h1-5,10H,6-8,13H2/t10-/m0/s1. The van der Waals surface area contributed by atoms with E-state index in [2.05, 4.69) is 0 Å². The first-order valence-corrected chi connectivity index (χ1v) is 5.46. The first kappa shape index (κ1) is 11.6. The highest BCUT2D eigenvalue weighted by molar-refractivity contribution is 5.96. The van der Waals surface area contributed by atoms with Gasteiger partial charge in [-0.05, 0) is 12.0 Å². The fourth-order valence-electron chi connectivity index (χ4n) is 1.68. The second kappa shape index (κ2) is 4.97. The van der Waals surface area contributed by atoms with Gasteiger partial charge in [0.15, 0.2) is 0 Å². The van der Waals surface area contributed by atoms with Crippen LogP contribution in [0.5, 0.6) is 0 Å². The first-order valence-electron chi connectivity index (χ1n) is 5.46. The predicted octanol–water partition coefficient (Wildman–Crippen LogP) is 0.883. The summed E-state index contributed by atoms with van der Waals surface area (Å²) in [6.07, 6.45) is -0.119. The van der Waals surface area contributed by atoms with Crippen LogP contribution in [0.4, 0.5) is 4.79 Å². The molecule has 0 spiro atoms. The Morgan fingerprint density at radius 1 is 1.41 bits per heavy atom. The van der Waals surface area contributed by atoms with Gasteiger partial charge in [-0.2, -0.15) is 0 Å².